The third kappa shape index (κ3) is 5.37. The van der Waals surface area contributed by atoms with Crippen molar-refractivity contribution in [3.63, 3.8) is 0 Å². The largest absolute Gasteiger partial charge is 0.351 e. The second-order valence-corrected chi connectivity index (χ2v) is 6.04. The van der Waals surface area contributed by atoms with Gasteiger partial charge in [-0.1, -0.05) is 23.7 Å². The number of hydrogen-bond acceptors (Lipinski definition) is 3. The number of carbonyl (C=O) groups excluding carboxylic acids is 2. The lowest BCUT2D eigenvalue weighted by molar-refractivity contribution is 0.0951. The van der Waals surface area contributed by atoms with Crippen LogP contribution in [0.3, 0.4) is 0 Å². The fraction of sp³-hybridized carbons (Fsp3) is 0.222. The zero-order valence-corrected chi connectivity index (χ0v) is 14.4. The molecule has 0 radical (unpaired) electrons. The number of likely N-dealkylation sites (N-methyl/N-ethyl adjacent to an activating group) is 1. The summed E-state index contributed by atoms with van der Waals surface area (Å²) in [6.45, 7) is 1.30. The lowest BCUT2D eigenvalue weighted by Crippen LogP contribution is -2.31. The summed E-state index contributed by atoms with van der Waals surface area (Å²) in [7, 11) is 3.87. The molecule has 0 aliphatic heterocycles. The van der Waals surface area contributed by atoms with Gasteiger partial charge in [0.15, 0.2) is 0 Å². The molecule has 0 saturated carbocycles. The summed E-state index contributed by atoms with van der Waals surface area (Å²) in [5.41, 5.74) is 1.47. The number of benzene rings is 2. The minimum Gasteiger partial charge on any atom is -0.351 e. The van der Waals surface area contributed by atoms with Gasteiger partial charge in [-0.05, 0) is 50.5 Å². The smallest absolute Gasteiger partial charge is 0.255 e. The van der Waals surface area contributed by atoms with Crippen molar-refractivity contribution < 1.29 is 9.59 Å². The molecule has 0 spiro atoms. The molecular weight excluding hydrogens is 326 g/mol. The molecule has 0 saturated heterocycles. The van der Waals surface area contributed by atoms with Gasteiger partial charge in [0.1, 0.15) is 0 Å². The van der Waals surface area contributed by atoms with Gasteiger partial charge in [0.05, 0.1) is 0 Å². The molecule has 24 heavy (non-hydrogen) atoms. The van der Waals surface area contributed by atoms with Crippen molar-refractivity contribution >= 4 is 29.1 Å². The van der Waals surface area contributed by atoms with Crippen molar-refractivity contribution in [1.29, 1.82) is 0 Å². The molecule has 0 atom stereocenters. The summed E-state index contributed by atoms with van der Waals surface area (Å²) < 4.78 is 0. The Morgan fingerprint density at radius 1 is 1.00 bits per heavy atom. The Labute approximate surface area is 146 Å². The first kappa shape index (κ1) is 18.0. The van der Waals surface area contributed by atoms with Crippen LogP contribution in [-0.4, -0.2) is 43.9 Å². The molecule has 2 amide bonds. The highest BCUT2D eigenvalue weighted by Gasteiger charge is 2.11. The molecule has 2 rings (SSSR count). The Morgan fingerprint density at radius 3 is 2.33 bits per heavy atom. The number of amides is 2. The standard InChI is InChI=1S/C18H20ClN3O2/c1-22(2)10-9-20-17(23)13-5-3-6-14(11-13)18(24)21-16-8-4-7-15(19)12-16/h3-8,11-12H,9-10H2,1-2H3,(H,20,23)(H,21,24). The second-order valence-electron chi connectivity index (χ2n) is 5.60. The van der Waals surface area contributed by atoms with E-state index in [0.717, 1.165) is 6.54 Å². The molecule has 126 valence electrons. The molecule has 2 aromatic carbocycles. The Kier molecular flexibility index (Phi) is 6.35. The summed E-state index contributed by atoms with van der Waals surface area (Å²) in [6, 6.07) is 13.5. The van der Waals surface area contributed by atoms with Gasteiger partial charge in [0.2, 0.25) is 0 Å². The van der Waals surface area contributed by atoms with Crippen LogP contribution in [0.1, 0.15) is 20.7 Å². The lowest BCUT2D eigenvalue weighted by atomic mass is 10.1. The maximum atomic E-state index is 12.3. The van der Waals surface area contributed by atoms with E-state index >= 15 is 0 Å². The van der Waals surface area contributed by atoms with E-state index in [4.69, 9.17) is 11.6 Å². The average molecular weight is 346 g/mol. The van der Waals surface area contributed by atoms with E-state index in [0.29, 0.717) is 28.4 Å². The second kappa shape index (κ2) is 8.47. The molecule has 2 aromatic rings. The van der Waals surface area contributed by atoms with Crippen LogP contribution in [0.15, 0.2) is 48.5 Å². The molecule has 6 heteroatoms. The van der Waals surface area contributed by atoms with Crippen LogP contribution in [0.25, 0.3) is 0 Å². The number of halogens is 1. The van der Waals surface area contributed by atoms with Crippen molar-refractivity contribution in [2.45, 2.75) is 0 Å². The van der Waals surface area contributed by atoms with E-state index in [9.17, 15) is 9.59 Å². The minimum atomic E-state index is -0.291. The topological polar surface area (TPSA) is 61.4 Å². The molecular formula is C18H20ClN3O2. The van der Waals surface area contributed by atoms with E-state index in [-0.39, 0.29) is 11.8 Å². The predicted octanol–water partition coefficient (Wildman–Crippen LogP) is 2.88. The van der Waals surface area contributed by atoms with E-state index in [1.807, 2.05) is 19.0 Å². The molecule has 0 aromatic heterocycles. The van der Waals surface area contributed by atoms with Gasteiger partial charge in [0.25, 0.3) is 11.8 Å². The minimum absolute atomic E-state index is 0.200. The van der Waals surface area contributed by atoms with Gasteiger partial charge in [-0.3, -0.25) is 9.59 Å². The molecule has 0 aliphatic rings. The average Bonchev–Trinajstić information content (AvgIpc) is 2.54. The van der Waals surface area contributed by atoms with E-state index in [1.165, 1.54) is 0 Å². The van der Waals surface area contributed by atoms with Crippen molar-refractivity contribution in [2.24, 2.45) is 0 Å². The summed E-state index contributed by atoms with van der Waals surface area (Å²) in [4.78, 5) is 26.4. The Bertz CT molecular complexity index is 732. The number of rotatable bonds is 6. The van der Waals surface area contributed by atoms with E-state index in [1.54, 1.807) is 48.5 Å². The first-order valence-electron chi connectivity index (χ1n) is 7.55. The van der Waals surface area contributed by atoms with Crippen LogP contribution in [0, 0.1) is 0 Å². The number of anilines is 1. The number of nitrogens with zero attached hydrogens (tertiary/aromatic N) is 1. The first-order chi connectivity index (χ1) is 11.5. The molecule has 5 nitrogen and oxygen atoms in total. The number of carbonyl (C=O) groups is 2. The summed E-state index contributed by atoms with van der Waals surface area (Å²) >= 11 is 5.90. The quantitative estimate of drug-likeness (QED) is 0.846. The van der Waals surface area contributed by atoms with Gasteiger partial charge in [0, 0.05) is 34.9 Å². The molecule has 0 heterocycles. The summed E-state index contributed by atoms with van der Waals surface area (Å²) in [5.74, 6) is -0.491. The Balaban J connectivity index is 2.03. The Morgan fingerprint density at radius 2 is 1.67 bits per heavy atom. The molecule has 2 N–H and O–H groups in total. The van der Waals surface area contributed by atoms with Crippen molar-refractivity contribution in [1.82, 2.24) is 10.2 Å². The molecule has 0 bridgehead atoms. The van der Waals surface area contributed by atoms with E-state index < -0.39 is 0 Å². The molecule has 0 unspecified atom stereocenters. The molecule has 0 aliphatic carbocycles. The highest BCUT2D eigenvalue weighted by Crippen LogP contribution is 2.16. The van der Waals surface area contributed by atoms with Crippen LogP contribution < -0.4 is 10.6 Å². The Hall–Kier alpha value is -2.37. The highest BCUT2D eigenvalue weighted by molar-refractivity contribution is 6.31. The zero-order chi connectivity index (χ0) is 17.5. The van der Waals surface area contributed by atoms with Gasteiger partial charge >= 0.3 is 0 Å². The third-order valence-electron chi connectivity index (χ3n) is 3.31. The third-order valence-corrected chi connectivity index (χ3v) is 3.55. The monoisotopic (exact) mass is 345 g/mol. The van der Waals surface area contributed by atoms with E-state index in [2.05, 4.69) is 10.6 Å². The fourth-order valence-electron chi connectivity index (χ4n) is 2.07. The summed E-state index contributed by atoms with van der Waals surface area (Å²) in [6.07, 6.45) is 0. The van der Waals surface area contributed by atoms with Gasteiger partial charge in [-0.25, -0.2) is 0 Å². The van der Waals surface area contributed by atoms with Crippen molar-refractivity contribution in [2.75, 3.05) is 32.5 Å². The normalized spacial score (nSPS) is 10.5. The number of hydrogen-bond donors (Lipinski definition) is 2. The van der Waals surface area contributed by atoms with Crippen LogP contribution in [0.2, 0.25) is 5.02 Å². The van der Waals surface area contributed by atoms with Crippen molar-refractivity contribution in [3.05, 3.63) is 64.7 Å². The maximum Gasteiger partial charge on any atom is 0.255 e. The predicted molar refractivity (Wildman–Crippen MR) is 96.7 cm³/mol. The van der Waals surface area contributed by atoms with Crippen LogP contribution in [0.4, 0.5) is 5.69 Å². The zero-order valence-electron chi connectivity index (χ0n) is 13.7. The van der Waals surface area contributed by atoms with Crippen LogP contribution in [-0.2, 0) is 0 Å². The van der Waals surface area contributed by atoms with Gasteiger partial charge < -0.3 is 15.5 Å². The van der Waals surface area contributed by atoms with Crippen molar-refractivity contribution in [3.8, 4) is 0 Å². The first-order valence-corrected chi connectivity index (χ1v) is 7.93. The summed E-state index contributed by atoms with van der Waals surface area (Å²) in [5, 5.41) is 6.13. The van der Waals surface area contributed by atoms with Gasteiger partial charge in [-0.15, -0.1) is 0 Å². The lowest BCUT2D eigenvalue weighted by Gasteiger charge is -2.11. The SMILES string of the molecule is CN(C)CCNC(=O)c1cccc(C(=O)Nc2cccc(Cl)c2)c1. The van der Waals surface area contributed by atoms with Crippen LogP contribution >= 0.6 is 11.6 Å². The fourth-order valence-corrected chi connectivity index (χ4v) is 2.26. The maximum absolute atomic E-state index is 12.3. The highest BCUT2D eigenvalue weighted by atomic mass is 35.5. The van der Waals surface area contributed by atoms with Gasteiger partial charge in [-0.2, -0.15) is 0 Å². The molecule has 0 fully saturated rings. The van der Waals surface area contributed by atoms with Crippen LogP contribution in [0.5, 0.6) is 0 Å². The number of nitrogens with one attached hydrogen (secondary N) is 2.